The summed E-state index contributed by atoms with van der Waals surface area (Å²) < 4.78 is 6.24. The molecule has 0 radical (unpaired) electrons. The number of nitrogens with two attached hydrogens (primary N) is 1. The highest BCUT2D eigenvalue weighted by Gasteiger charge is 2.32. The molecule has 3 rings (SSSR count). The van der Waals surface area contributed by atoms with Crippen LogP contribution in [-0.2, 0) is 9.59 Å². The summed E-state index contributed by atoms with van der Waals surface area (Å²) in [6.07, 6.45) is 0.456. The van der Waals surface area contributed by atoms with Gasteiger partial charge in [-0.2, -0.15) is 0 Å². The van der Waals surface area contributed by atoms with Gasteiger partial charge >= 0.3 is 0 Å². The summed E-state index contributed by atoms with van der Waals surface area (Å²) in [4.78, 5) is 31.3. The van der Waals surface area contributed by atoms with Crippen LogP contribution >= 0.6 is 22.6 Å². The number of benzene rings is 2. The molecule has 1 amide bonds. The molecule has 0 unspecified atom stereocenters. The average Bonchev–Trinajstić information content (AvgIpc) is 2.70. The molecule has 0 saturated carbocycles. The molecule has 1 fully saturated rings. The van der Waals surface area contributed by atoms with Crippen molar-refractivity contribution in [3.8, 4) is 5.75 Å². The zero-order chi connectivity index (χ0) is 20.3. The van der Waals surface area contributed by atoms with E-state index in [2.05, 4.69) is 27.6 Å². The molecule has 1 aliphatic heterocycles. The van der Waals surface area contributed by atoms with Gasteiger partial charge in [0.1, 0.15) is 11.5 Å². The second-order valence-electron chi connectivity index (χ2n) is 6.29. The van der Waals surface area contributed by atoms with Crippen molar-refractivity contribution >= 4 is 51.4 Å². The molecule has 28 heavy (non-hydrogen) atoms. The standard InChI is InChI=1S/C21H20IN3O3/c1-13(26)19(23)18-11-12-25(16-7-3-14(22)4-8-16)21(27)20(18)24-15-5-9-17(28-2)10-6-15/h3-10H,11-12,23H2,1-2H3. The number of piperidine rings is 1. The Balaban J connectivity index is 2.05. The van der Waals surface area contributed by atoms with Crippen LogP contribution in [0.1, 0.15) is 13.3 Å². The fourth-order valence-corrected chi connectivity index (χ4v) is 3.30. The topological polar surface area (TPSA) is 85.0 Å². The Morgan fingerprint density at radius 2 is 1.79 bits per heavy atom. The number of carbonyl (C=O) groups excluding carboxylic acids is 2. The lowest BCUT2D eigenvalue weighted by atomic mass is 9.96. The third-order valence-corrected chi connectivity index (χ3v) is 5.19. The van der Waals surface area contributed by atoms with Crippen molar-refractivity contribution in [2.24, 2.45) is 10.7 Å². The van der Waals surface area contributed by atoms with Crippen LogP contribution in [0.2, 0.25) is 0 Å². The molecule has 2 aromatic carbocycles. The first kappa shape index (κ1) is 20.1. The van der Waals surface area contributed by atoms with E-state index < -0.39 is 0 Å². The molecule has 0 atom stereocenters. The van der Waals surface area contributed by atoms with E-state index >= 15 is 0 Å². The van der Waals surface area contributed by atoms with Gasteiger partial charge in [0.25, 0.3) is 5.91 Å². The maximum atomic E-state index is 13.2. The molecular weight excluding hydrogens is 469 g/mol. The average molecular weight is 489 g/mol. The van der Waals surface area contributed by atoms with Crippen LogP contribution in [0.15, 0.2) is 64.8 Å². The largest absolute Gasteiger partial charge is 0.497 e. The molecule has 7 heteroatoms. The summed E-state index contributed by atoms with van der Waals surface area (Å²) >= 11 is 2.22. The van der Waals surface area contributed by atoms with Crippen LogP contribution < -0.4 is 15.4 Å². The van der Waals surface area contributed by atoms with Gasteiger partial charge in [0.2, 0.25) is 0 Å². The molecule has 6 nitrogen and oxygen atoms in total. The Morgan fingerprint density at radius 3 is 2.36 bits per heavy atom. The van der Waals surface area contributed by atoms with E-state index in [0.29, 0.717) is 30.0 Å². The summed E-state index contributed by atoms with van der Waals surface area (Å²) in [5.41, 5.74) is 8.15. The highest BCUT2D eigenvalue weighted by Crippen LogP contribution is 2.27. The number of nitrogens with zero attached hydrogens (tertiary/aromatic N) is 2. The van der Waals surface area contributed by atoms with Gasteiger partial charge in [0.15, 0.2) is 5.78 Å². The second-order valence-corrected chi connectivity index (χ2v) is 7.54. The van der Waals surface area contributed by atoms with Gasteiger partial charge in [-0.15, -0.1) is 0 Å². The molecule has 1 aliphatic rings. The van der Waals surface area contributed by atoms with Crippen LogP contribution in [0.5, 0.6) is 5.75 Å². The van der Waals surface area contributed by atoms with Gasteiger partial charge in [-0.3, -0.25) is 9.59 Å². The monoisotopic (exact) mass is 489 g/mol. The van der Waals surface area contributed by atoms with Crippen molar-refractivity contribution in [3.63, 3.8) is 0 Å². The molecule has 144 valence electrons. The maximum Gasteiger partial charge on any atom is 0.277 e. The van der Waals surface area contributed by atoms with E-state index in [0.717, 1.165) is 9.26 Å². The smallest absolute Gasteiger partial charge is 0.277 e. The van der Waals surface area contributed by atoms with Crippen molar-refractivity contribution in [1.29, 1.82) is 0 Å². The predicted molar refractivity (Wildman–Crippen MR) is 118 cm³/mol. The first-order valence-electron chi connectivity index (χ1n) is 8.71. The quantitative estimate of drug-likeness (QED) is 0.526. The zero-order valence-electron chi connectivity index (χ0n) is 15.6. The van der Waals surface area contributed by atoms with Crippen molar-refractivity contribution in [3.05, 3.63) is 63.4 Å². The molecule has 2 N–H and O–H groups in total. The number of hydrogen-bond acceptors (Lipinski definition) is 5. The van der Waals surface area contributed by atoms with Crippen LogP contribution in [0.25, 0.3) is 0 Å². The minimum Gasteiger partial charge on any atom is -0.497 e. The highest BCUT2D eigenvalue weighted by atomic mass is 127. The number of hydrogen-bond donors (Lipinski definition) is 1. The summed E-state index contributed by atoms with van der Waals surface area (Å²) in [6, 6.07) is 14.7. The summed E-state index contributed by atoms with van der Waals surface area (Å²) in [5, 5.41) is 0. The van der Waals surface area contributed by atoms with Gasteiger partial charge in [0.05, 0.1) is 18.5 Å². The number of carbonyl (C=O) groups is 2. The number of allylic oxidation sites excluding steroid dienone is 1. The van der Waals surface area contributed by atoms with E-state index in [1.165, 1.54) is 6.92 Å². The van der Waals surface area contributed by atoms with Crippen molar-refractivity contribution in [2.45, 2.75) is 13.3 Å². The minimum atomic E-state index is -0.275. The van der Waals surface area contributed by atoms with Gasteiger partial charge in [-0.1, -0.05) is 0 Å². The van der Waals surface area contributed by atoms with E-state index in [4.69, 9.17) is 10.5 Å². The predicted octanol–water partition coefficient (Wildman–Crippen LogP) is 3.61. The van der Waals surface area contributed by atoms with Gasteiger partial charge < -0.3 is 15.4 Å². The number of ether oxygens (including phenoxy) is 1. The van der Waals surface area contributed by atoms with Gasteiger partial charge in [-0.05, 0) is 77.5 Å². The summed E-state index contributed by atoms with van der Waals surface area (Å²) in [6.45, 7) is 1.83. The van der Waals surface area contributed by atoms with E-state index in [-0.39, 0.29) is 23.1 Å². The third kappa shape index (κ3) is 4.24. The molecule has 2 aromatic rings. The van der Waals surface area contributed by atoms with Crippen LogP contribution in [0, 0.1) is 3.57 Å². The second kappa shape index (κ2) is 8.55. The lowest BCUT2D eigenvalue weighted by molar-refractivity contribution is -0.113. The van der Waals surface area contributed by atoms with Crippen molar-refractivity contribution in [1.82, 2.24) is 0 Å². The molecule has 1 saturated heterocycles. The molecular formula is C21H20IN3O3. The van der Waals surface area contributed by atoms with Crippen LogP contribution in [-0.4, -0.2) is 31.1 Å². The molecule has 0 bridgehead atoms. The van der Waals surface area contributed by atoms with Gasteiger partial charge in [-0.25, -0.2) is 4.99 Å². The number of anilines is 1. The number of Topliss-reactive ketones (excluding diaryl/α,β-unsaturated/α-hetero) is 1. The Hall–Kier alpha value is -2.68. The number of aliphatic imine (C=N–C) groups is 1. The Kier molecular flexibility index (Phi) is 6.13. The lowest BCUT2D eigenvalue weighted by Crippen LogP contribution is -2.44. The number of rotatable bonds is 4. The number of halogens is 1. The third-order valence-electron chi connectivity index (χ3n) is 4.48. The molecule has 0 aromatic heterocycles. The molecule has 0 aliphatic carbocycles. The molecule has 1 heterocycles. The van der Waals surface area contributed by atoms with Crippen molar-refractivity contribution in [2.75, 3.05) is 18.6 Å². The Labute approximate surface area is 177 Å². The zero-order valence-corrected chi connectivity index (χ0v) is 17.8. The minimum absolute atomic E-state index is 0.0860. The molecule has 0 spiro atoms. The first-order valence-corrected chi connectivity index (χ1v) is 9.78. The van der Waals surface area contributed by atoms with Gasteiger partial charge in [0, 0.05) is 28.3 Å². The Morgan fingerprint density at radius 1 is 1.14 bits per heavy atom. The summed E-state index contributed by atoms with van der Waals surface area (Å²) in [5.74, 6) is 0.147. The SMILES string of the molecule is COc1ccc(N=C2C(=O)N(c3ccc(I)cc3)CCC2=C(N)C(C)=O)cc1. The highest BCUT2D eigenvalue weighted by molar-refractivity contribution is 14.1. The number of amides is 1. The normalized spacial score (nSPS) is 17.6. The summed E-state index contributed by atoms with van der Waals surface area (Å²) in [7, 11) is 1.58. The maximum absolute atomic E-state index is 13.2. The van der Waals surface area contributed by atoms with Crippen LogP contribution in [0.3, 0.4) is 0 Å². The number of methoxy groups -OCH3 is 1. The number of ketones is 1. The fraction of sp³-hybridized carbons (Fsp3) is 0.190. The van der Waals surface area contributed by atoms with Crippen LogP contribution in [0.4, 0.5) is 11.4 Å². The van der Waals surface area contributed by atoms with E-state index in [9.17, 15) is 9.59 Å². The lowest BCUT2D eigenvalue weighted by Gasteiger charge is -2.30. The Bertz CT molecular complexity index is 963. The van der Waals surface area contributed by atoms with E-state index in [1.54, 1.807) is 36.3 Å². The first-order chi connectivity index (χ1) is 13.4. The van der Waals surface area contributed by atoms with Crippen molar-refractivity contribution < 1.29 is 14.3 Å². The van der Waals surface area contributed by atoms with E-state index in [1.807, 2.05) is 24.3 Å². The fourth-order valence-electron chi connectivity index (χ4n) is 2.94.